The lowest BCUT2D eigenvalue weighted by molar-refractivity contribution is -0.176. The van der Waals surface area contributed by atoms with E-state index in [9.17, 15) is 4.79 Å². The molecule has 0 bridgehead atoms. The van der Waals surface area contributed by atoms with Crippen molar-refractivity contribution in [2.45, 2.75) is 117 Å². The standard InChI is InChI=1S/C24H53NO4Si2/c1-15-20(18-28-30(11,12)23(3,4)5)16-17-21(19(2)22(26)25(9)27-10)29-31(13,14)24(6,7)8/h19-21H,15-18H2,1-14H3/t19-,20-,21+/m1/s1. The molecule has 0 aromatic rings. The maximum absolute atomic E-state index is 12.9. The highest BCUT2D eigenvalue weighted by Crippen LogP contribution is 2.40. The van der Waals surface area contributed by atoms with Crippen molar-refractivity contribution in [1.29, 1.82) is 0 Å². The van der Waals surface area contributed by atoms with Crippen LogP contribution in [0.15, 0.2) is 0 Å². The fraction of sp³-hybridized carbons (Fsp3) is 0.958. The second kappa shape index (κ2) is 11.8. The van der Waals surface area contributed by atoms with E-state index in [-0.39, 0.29) is 28.0 Å². The molecule has 0 N–H and O–H groups in total. The van der Waals surface area contributed by atoms with Crippen LogP contribution in [0.1, 0.15) is 74.7 Å². The molecule has 5 nitrogen and oxygen atoms in total. The minimum absolute atomic E-state index is 0.0308. The second-order valence-electron chi connectivity index (χ2n) is 12.1. The molecule has 0 fully saturated rings. The molecule has 0 aliphatic heterocycles. The van der Waals surface area contributed by atoms with Crippen LogP contribution in [0.3, 0.4) is 0 Å². The van der Waals surface area contributed by atoms with E-state index in [2.05, 4.69) is 74.7 Å². The fourth-order valence-corrected chi connectivity index (χ4v) is 5.37. The maximum atomic E-state index is 12.9. The first-order chi connectivity index (χ1) is 13.8. The van der Waals surface area contributed by atoms with Crippen LogP contribution < -0.4 is 0 Å². The highest BCUT2D eigenvalue weighted by atomic mass is 28.4. The molecule has 0 heterocycles. The Balaban J connectivity index is 5.40. The Bertz CT molecular complexity index is 553. The van der Waals surface area contributed by atoms with Crippen LogP contribution in [0.2, 0.25) is 36.3 Å². The van der Waals surface area contributed by atoms with Gasteiger partial charge in [0.2, 0.25) is 0 Å². The van der Waals surface area contributed by atoms with E-state index in [0.717, 1.165) is 25.9 Å². The third kappa shape index (κ3) is 9.28. The molecule has 3 atom stereocenters. The first-order valence-electron chi connectivity index (χ1n) is 11.9. The van der Waals surface area contributed by atoms with Gasteiger partial charge in [0, 0.05) is 13.7 Å². The van der Waals surface area contributed by atoms with Gasteiger partial charge in [-0.1, -0.05) is 61.8 Å². The van der Waals surface area contributed by atoms with E-state index in [1.165, 1.54) is 12.2 Å². The number of carbonyl (C=O) groups is 1. The number of hydroxylamine groups is 2. The SMILES string of the molecule is CC[C@H](CC[C@H](O[Si](C)(C)C(C)(C)C)[C@@H](C)C(=O)N(C)OC)CO[Si](C)(C)C(C)(C)C. The molecule has 0 aromatic heterocycles. The lowest BCUT2D eigenvalue weighted by atomic mass is 9.93. The predicted octanol–water partition coefficient (Wildman–Crippen LogP) is 6.86. The minimum atomic E-state index is -2.01. The summed E-state index contributed by atoms with van der Waals surface area (Å²) >= 11 is 0. The lowest BCUT2D eigenvalue weighted by Crippen LogP contribution is -2.48. The Hall–Kier alpha value is -0.216. The van der Waals surface area contributed by atoms with Crippen molar-refractivity contribution >= 4 is 22.5 Å². The van der Waals surface area contributed by atoms with Crippen molar-refractivity contribution in [3.8, 4) is 0 Å². The summed E-state index contributed by atoms with van der Waals surface area (Å²) < 4.78 is 13.3. The topological polar surface area (TPSA) is 48.0 Å². The first-order valence-corrected chi connectivity index (χ1v) is 17.8. The van der Waals surface area contributed by atoms with Gasteiger partial charge >= 0.3 is 0 Å². The van der Waals surface area contributed by atoms with E-state index in [1.807, 2.05) is 6.92 Å². The number of amides is 1. The van der Waals surface area contributed by atoms with Crippen LogP contribution in [0.4, 0.5) is 0 Å². The van der Waals surface area contributed by atoms with Crippen molar-refractivity contribution in [2.24, 2.45) is 11.8 Å². The molecule has 0 rings (SSSR count). The average molecular weight is 476 g/mol. The molecule has 31 heavy (non-hydrogen) atoms. The highest BCUT2D eigenvalue weighted by Gasteiger charge is 2.42. The number of hydrogen-bond donors (Lipinski definition) is 0. The quantitative estimate of drug-likeness (QED) is 0.228. The Morgan fingerprint density at radius 3 is 1.81 bits per heavy atom. The van der Waals surface area contributed by atoms with Crippen molar-refractivity contribution in [1.82, 2.24) is 5.06 Å². The summed E-state index contributed by atoms with van der Waals surface area (Å²) in [6, 6.07) is 0. The molecule has 0 radical (unpaired) electrons. The van der Waals surface area contributed by atoms with Gasteiger partial charge in [0.15, 0.2) is 16.6 Å². The molecule has 186 valence electrons. The van der Waals surface area contributed by atoms with Gasteiger partial charge in [-0.25, -0.2) is 5.06 Å². The Morgan fingerprint density at radius 2 is 1.42 bits per heavy atom. The molecule has 0 aliphatic carbocycles. The largest absolute Gasteiger partial charge is 0.417 e. The van der Waals surface area contributed by atoms with Gasteiger partial charge in [-0.2, -0.15) is 0 Å². The smallest absolute Gasteiger partial charge is 0.251 e. The Labute approximate surface area is 195 Å². The Morgan fingerprint density at radius 1 is 0.935 bits per heavy atom. The zero-order valence-corrected chi connectivity index (χ0v) is 25.1. The normalized spacial score (nSPS) is 16.7. The fourth-order valence-electron chi connectivity index (χ4n) is 2.85. The highest BCUT2D eigenvalue weighted by molar-refractivity contribution is 6.74. The van der Waals surface area contributed by atoms with Gasteiger partial charge in [-0.05, 0) is 55.0 Å². The van der Waals surface area contributed by atoms with E-state index >= 15 is 0 Å². The molecule has 0 aromatic carbocycles. The van der Waals surface area contributed by atoms with Crippen LogP contribution in [0, 0.1) is 11.8 Å². The number of rotatable bonds is 12. The summed E-state index contributed by atoms with van der Waals surface area (Å²) in [7, 11) is -0.579. The van der Waals surface area contributed by atoms with Crippen molar-refractivity contribution in [2.75, 3.05) is 20.8 Å². The molecule has 7 heteroatoms. The van der Waals surface area contributed by atoms with Crippen molar-refractivity contribution in [3.05, 3.63) is 0 Å². The third-order valence-electron chi connectivity index (χ3n) is 7.71. The van der Waals surface area contributed by atoms with Gasteiger partial charge in [0.25, 0.3) is 5.91 Å². The molecular weight excluding hydrogens is 422 g/mol. The molecule has 0 saturated carbocycles. The van der Waals surface area contributed by atoms with Crippen LogP contribution >= 0.6 is 0 Å². The molecule has 0 unspecified atom stereocenters. The van der Waals surface area contributed by atoms with Gasteiger partial charge in [-0.15, -0.1) is 0 Å². The van der Waals surface area contributed by atoms with Crippen LogP contribution in [-0.4, -0.2) is 54.5 Å². The summed E-state index contributed by atoms with van der Waals surface area (Å²) in [4.78, 5) is 18.0. The molecule has 0 saturated heterocycles. The third-order valence-corrected chi connectivity index (χ3v) is 16.7. The summed E-state index contributed by atoms with van der Waals surface area (Å²) in [6.45, 7) is 27.7. The van der Waals surface area contributed by atoms with Gasteiger partial charge in [-0.3, -0.25) is 9.63 Å². The summed E-state index contributed by atoms with van der Waals surface area (Å²) in [5, 5.41) is 1.63. The van der Waals surface area contributed by atoms with E-state index in [0.29, 0.717) is 5.92 Å². The molecule has 0 spiro atoms. The molecular formula is C24H53NO4Si2. The van der Waals surface area contributed by atoms with Crippen molar-refractivity contribution < 1.29 is 18.5 Å². The predicted molar refractivity (Wildman–Crippen MR) is 137 cm³/mol. The van der Waals surface area contributed by atoms with Gasteiger partial charge in [0.1, 0.15) is 0 Å². The van der Waals surface area contributed by atoms with Crippen LogP contribution in [-0.2, 0) is 18.5 Å². The number of carbonyl (C=O) groups excluding carboxylic acids is 1. The van der Waals surface area contributed by atoms with E-state index in [4.69, 9.17) is 13.7 Å². The van der Waals surface area contributed by atoms with Gasteiger partial charge in [0.05, 0.1) is 19.1 Å². The summed E-state index contributed by atoms with van der Waals surface area (Å²) in [6.07, 6.45) is 2.81. The molecule has 1 amide bonds. The summed E-state index contributed by atoms with van der Waals surface area (Å²) in [5.41, 5.74) is 0. The van der Waals surface area contributed by atoms with E-state index < -0.39 is 16.6 Å². The van der Waals surface area contributed by atoms with Crippen LogP contribution in [0.25, 0.3) is 0 Å². The first kappa shape index (κ1) is 30.8. The van der Waals surface area contributed by atoms with Gasteiger partial charge < -0.3 is 8.85 Å². The zero-order chi connectivity index (χ0) is 24.8. The lowest BCUT2D eigenvalue weighted by Gasteiger charge is -2.41. The van der Waals surface area contributed by atoms with E-state index in [1.54, 1.807) is 7.05 Å². The second-order valence-corrected chi connectivity index (χ2v) is 21.7. The monoisotopic (exact) mass is 475 g/mol. The molecule has 0 aliphatic rings. The average Bonchev–Trinajstić information content (AvgIpc) is 2.63. The number of nitrogens with zero attached hydrogens (tertiary/aromatic N) is 1. The Kier molecular flexibility index (Phi) is 11.7. The zero-order valence-electron chi connectivity index (χ0n) is 23.1. The van der Waals surface area contributed by atoms with Crippen molar-refractivity contribution in [3.63, 3.8) is 0 Å². The minimum Gasteiger partial charge on any atom is -0.417 e. The number of hydrogen-bond acceptors (Lipinski definition) is 4. The summed E-state index contributed by atoms with van der Waals surface area (Å²) in [5.74, 6) is 0.191. The maximum Gasteiger partial charge on any atom is 0.251 e. The van der Waals surface area contributed by atoms with Crippen LogP contribution in [0.5, 0.6) is 0 Å².